The first kappa shape index (κ1) is 37.3. The molecule has 1 saturated heterocycles. The van der Waals surface area contributed by atoms with Gasteiger partial charge >= 0.3 is 12.1 Å². The lowest BCUT2D eigenvalue weighted by atomic mass is 9.41. The predicted molar refractivity (Wildman–Crippen MR) is 186 cm³/mol. The monoisotopic (exact) mass is 689 g/mol. The molecule has 0 aromatic heterocycles. The highest BCUT2D eigenvalue weighted by atomic mass is 16.6. The van der Waals surface area contributed by atoms with Gasteiger partial charge in [0, 0.05) is 11.3 Å². The maximum atomic E-state index is 13.7. The van der Waals surface area contributed by atoms with Crippen molar-refractivity contribution in [3.05, 3.63) is 0 Å². The largest absolute Gasteiger partial charge is 0.460 e. The number of aliphatic hydroxyl groups is 3. The molecule has 280 valence electrons. The predicted octanol–water partition coefficient (Wildman–Crippen LogP) is 6.54. The number of esters is 1. The Labute approximate surface area is 295 Å². The van der Waals surface area contributed by atoms with Crippen LogP contribution in [0.2, 0.25) is 0 Å². The van der Waals surface area contributed by atoms with Crippen LogP contribution < -0.4 is 5.32 Å². The van der Waals surface area contributed by atoms with E-state index in [2.05, 4.69) is 39.9 Å². The van der Waals surface area contributed by atoms with Gasteiger partial charge in [0.2, 0.25) is 0 Å². The minimum absolute atomic E-state index is 0.0163. The molecule has 6 rings (SSSR count). The summed E-state index contributed by atoms with van der Waals surface area (Å²) >= 11 is 0. The summed E-state index contributed by atoms with van der Waals surface area (Å²) in [5.74, 6) is -0.430. The smallest absolute Gasteiger partial charge is 0.408 e. The first-order chi connectivity index (χ1) is 22.3. The number of hydrogen-bond donors (Lipinski definition) is 4. The van der Waals surface area contributed by atoms with Crippen molar-refractivity contribution in [3.63, 3.8) is 0 Å². The average Bonchev–Trinajstić information content (AvgIpc) is 3.29. The van der Waals surface area contributed by atoms with Gasteiger partial charge in [-0.2, -0.15) is 0 Å². The summed E-state index contributed by atoms with van der Waals surface area (Å²) in [5.41, 5.74) is -2.88. The molecule has 49 heavy (non-hydrogen) atoms. The number of nitrogens with one attached hydrogen (secondary N) is 1. The topological polar surface area (TPSA) is 135 Å². The molecule has 6 fully saturated rings. The molecule has 2 unspecified atom stereocenters. The molecular formula is C40H67NO8. The van der Waals surface area contributed by atoms with E-state index in [1.807, 2.05) is 27.7 Å². The number of aliphatic hydroxyl groups excluding tert-OH is 2. The lowest BCUT2D eigenvalue weighted by molar-refractivity contribution is -0.218. The molecule has 0 aromatic carbocycles. The van der Waals surface area contributed by atoms with Crippen LogP contribution in [0, 0.1) is 50.7 Å². The fourth-order valence-electron chi connectivity index (χ4n) is 13.5. The fraction of sp³-hybridized carbons (Fsp3) is 0.950. The van der Waals surface area contributed by atoms with E-state index in [0.717, 1.165) is 44.9 Å². The van der Waals surface area contributed by atoms with Gasteiger partial charge in [-0.3, -0.25) is 0 Å². The Hall–Kier alpha value is -1.42. The molecule has 2 spiro atoms. The standard InChI is InChI=1S/C40H67NO8/c1-22(2)28(41-32(45)49-33(3,4)5)31(44)47-26-14-16-40-21-39(40)18-17-36(10)30(38(12)15-13-27(48-38)35(8,9)46)24(43)20-37(36,11)25(39)19-23(42)29(40)34(26,6)7/h22-30,42-43,46H,13-21H2,1-12H3,(H,41,45)/t23-,24-,25?,26-,27-,28-,29-,30-,36+,37-,38+,39?,40+/m0/s1. The molecule has 4 N–H and O–H groups in total. The van der Waals surface area contributed by atoms with Crippen LogP contribution in [0.1, 0.15) is 141 Å². The van der Waals surface area contributed by atoms with Gasteiger partial charge in [-0.1, -0.05) is 41.5 Å². The Balaban J connectivity index is 1.22. The number of rotatable bonds is 6. The van der Waals surface area contributed by atoms with Crippen LogP contribution in [0.3, 0.4) is 0 Å². The number of amides is 1. The van der Waals surface area contributed by atoms with E-state index >= 15 is 0 Å². The van der Waals surface area contributed by atoms with E-state index in [4.69, 9.17) is 14.2 Å². The van der Waals surface area contributed by atoms with E-state index in [9.17, 15) is 24.9 Å². The SMILES string of the molecule is CC(C)[C@H](NC(=O)OC(C)(C)C)C(=O)O[C@H]1CC[C@]23CC24CC[C@]2(C)[C@@H]([C@@]5(C)CC[C@@H](C(C)(C)O)O5)[C@@H](O)C[C@@]2(C)C4C[C@H](O)[C@H]3C1(C)C. The van der Waals surface area contributed by atoms with Gasteiger partial charge in [-0.15, -0.1) is 0 Å². The van der Waals surface area contributed by atoms with Crippen molar-refractivity contribution in [2.45, 2.75) is 188 Å². The van der Waals surface area contributed by atoms with Crippen molar-refractivity contribution in [1.29, 1.82) is 0 Å². The van der Waals surface area contributed by atoms with Crippen molar-refractivity contribution in [3.8, 4) is 0 Å². The first-order valence-corrected chi connectivity index (χ1v) is 19.2. The highest BCUT2D eigenvalue weighted by Gasteiger charge is 2.85. The number of alkyl carbamates (subject to hydrolysis) is 1. The molecule has 9 nitrogen and oxygen atoms in total. The summed E-state index contributed by atoms with van der Waals surface area (Å²) in [6.07, 6.45) is 5.41. The van der Waals surface area contributed by atoms with Crippen molar-refractivity contribution < 1.29 is 39.1 Å². The van der Waals surface area contributed by atoms with E-state index in [0.29, 0.717) is 12.8 Å². The summed E-state index contributed by atoms with van der Waals surface area (Å²) in [6.45, 7) is 24.1. The van der Waals surface area contributed by atoms with Crippen LogP contribution in [0.25, 0.3) is 0 Å². The van der Waals surface area contributed by atoms with Crippen molar-refractivity contribution in [2.75, 3.05) is 0 Å². The van der Waals surface area contributed by atoms with Gasteiger partial charge in [0.1, 0.15) is 17.7 Å². The van der Waals surface area contributed by atoms with Crippen LogP contribution >= 0.6 is 0 Å². The van der Waals surface area contributed by atoms with Gasteiger partial charge in [0.25, 0.3) is 0 Å². The summed E-state index contributed by atoms with van der Waals surface area (Å²) in [4.78, 5) is 26.3. The zero-order chi connectivity index (χ0) is 36.5. The van der Waals surface area contributed by atoms with Gasteiger partial charge < -0.3 is 34.8 Å². The van der Waals surface area contributed by atoms with Crippen molar-refractivity contribution in [2.24, 2.45) is 50.7 Å². The summed E-state index contributed by atoms with van der Waals surface area (Å²) < 4.78 is 18.5. The maximum absolute atomic E-state index is 13.7. The zero-order valence-corrected chi connectivity index (χ0v) is 32.4. The Morgan fingerprint density at radius 2 is 1.51 bits per heavy atom. The third-order valence-corrected chi connectivity index (χ3v) is 15.6. The van der Waals surface area contributed by atoms with Crippen molar-refractivity contribution in [1.82, 2.24) is 5.32 Å². The molecule has 1 aliphatic heterocycles. The molecule has 0 radical (unpaired) electrons. The van der Waals surface area contributed by atoms with Gasteiger partial charge in [0.05, 0.1) is 29.5 Å². The number of carbonyl (C=O) groups is 2. The number of fused-ring (bicyclic) bond motifs is 2. The molecule has 5 aliphatic carbocycles. The zero-order valence-electron chi connectivity index (χ0n) is 32.4. The lowest BCUT2D eigenvalue weighted by Gasteiger charge is -2.64. The van der Waals surface area contributed by atoms with Gasteiger partial charge in [-0.05, 0) is 139 Å². The molecule has 13 atom stereocenters. The molecule has 1 heterocycles. The lowest BCUT2D eigenvalue weighted by Crippen LogP contribution is -2.62. The fourth-order valence-corrected chi connectivity index (χ4v) is 13.5. The molecule has 6 aliphatic rings. The number of ether oxygens (including phenoxy) is 3. The second-order valence-electron chi connectivity index (χ2n) is 20.7. The first-order valence-electron chi connectivity index (χ1n) is 19.2. The Morgan fingerprint density at radius 1 is 0.857 bits per heavy atom. The van der Waals surface area contributed by atoms with Gasteiger partial charge in [0.15, 0.2) is 0 Å². The summed E-state index contributed by atoms with van der Waals surface area (Å²) in [7, 11) is 0. The normalized spacial score (nSPS) is 47.7. The van der Waals surface area contributed by atoms with Crippen molar-refractivity contribution >= 4 is 12.1 Å². The second kappa shape index (κ2) is 11.3. The summed E-state index contributed by atoms with van der Waals surface area (Å²) in [6, 6.07) is -0.836. The number of carbonyl (C=O) groups excluding carboxylic acids is 2. The van der Waals surface area contributed by atoms with E-state index in [1.165, 1.54) is 0 Å². The van der Waals surface area contributed by atoms with Crippen LogP contribution in [-0.4, -0.2) is 74.6 Å². The van der Waals surface area contributed by atoms with Crippen LogP contribution in [0.4, 0.5) is 4.79 Å². The average molecular weight is 690 g/mol. The maximum Gasteiger partial charge on any atom is 0.408 e. The molecule has 5 saturated carbocycles. The minimum atomic E-state index is -0.935. The molecule has 9 heteroatoms. The highest BCUT2D eigenvalue weighted by molar-refractivity contribution is 5.82. The molecule has 1 amide bonds. The van der Waals surface area contributed by atoms with Crippen LogP contribution in [0.15, 0.2) is 0 Å². The summed E-state index contributed by atoms with van der Waals surface area (Å²) in [5, 5.41) is 37.8. The Bertz CT molecular complexity index is 1330. The Kier molecular flexibility index (Phi) is 8.60. The Morgan fingerprint density at radius 3 is 2.08 bits per heavy atom. The van der Waals surface area contributed by atoms with E-state index in [1.54, 1.807) is 20.8 Å². The van der Waals surface area contributed by atoms with E-state index < -0.39 is 52.5 Å². The van der Waals surface area contributed by atoms with E-state index in [-0.39, 0.29) is 57.5 Å². The highest BCUT2D eigenvalue weighted by Crippen LogP contribution is 2.89. The third-order valence-electron chi connectivity index (χ3n) is 15.6. The minimum Gasteiger partial charge on any atom is -0.460 e. The molecule has 0 aromatic rings. The molecule has 0 bridgehead atoms. The van der Waals surface area contributed by atoms with Gasteiger partial charge in [-0.25, -0.2) is 9.59 Å². The third kappa shape index (κ3) is 5.43. The number of hydrogen-bond acceptors (Lipinski definition) is 8. The quantitative estimate of drug-likeness (QED) is 0.231. The van der Waals surface area contributed by atoms with Crippen LogP contribution in [0.5, 0.6) is 0 Å². The van der Waals surface area contributed by atoms with Crippen LogP contribution in [-0.2, 0) is 19.0 Å². The molecular weight excluding hydrogens is 622 g/mol. The second-order valence-corrected chi connectivity index (χ2v) is 20.7.